The molecule has 1 amide bonds. The van der Waals surface area contributed by atoms with Gasteiger partial charge in [-0.25, -0.2) is 13.4 Å². The van der Waals surface area contributed by atoms with Gasteiger partial charge >= 0.3 is 0 Å². The molecule has 2 aliphatic rings. The van der Waals surface area contributed by atoms with Gasteiger partial charge in [-0.1, -0.05) is 20.8 Å². The Morgan fingerprint density at radius 1 is 1.07 bits per heavy atom. The van der Waals surface area contributed by atoms with Gasteiger partial charge in [0.1, 0.15) is 10.7 Å². The number of piperazine rings is 1. The van der Waals surface area contributed by atoms with Gasteiger partial charge in [0.05, 0.1) is 13.2 Å². The van der Waals surface area contributed by atoms with Crippen molar-refractivity contribution in [3.63, 3.8) is 0 Å². The fraction of sp³-hybridized carbons (Fsp3) is 0.684. The van der Waals surface area contributed by atoms with Gasteiger partial charge in [0, 0.05) is 51.9 Å². The Bertz CT molecular complexity index is 775. The third-order valence-corrected chi connectivity index (χ3v) is 6.85. The predicted octanol–water partition coefficient (Wildman–Crippen LogP) is 1.19. The zero-order chi connectivity index (χ0) is 20.4. The number of carbonyl (C=O) groups excluding carboxylic acids is 1. The molecule has 0 saturated carbocycles. The first-order valence-electron chi connectivity index (χ1n) is 9.73. The van der Waals surface area contributed by atoms with Crippen LogP contribution in [0.3, 0.4) is 0 Å². The van der Waals surface area contributed by atoms with E-state index in [0.717, 1.165) is 5.82 Å². The number of pyridine rings is 1. The van der Waals surface area contributed by atoms with E-state index in [2.05, 4.69) is 30.7 Å². The van der Waals surface area contributed by atoms with Crippen LogP contribution in [0.4, 0.5) is 5.82 Å². The fourth-order valence-electron chi connectivity index (χ4n) is 3.40. The van der Waals surface area contributed by atoms with Gasteiger partial charge in [-0.15, -0.1) is 0 Å². The van der Waals surface area contributed by atoms with Crippen LogP contribution in [0.15, 0.2) is 23.2 Å². The number of aromatic nitrogens is 1. The Labute approximate surface area is 167 Å². The maximum absolute atomic E-state index is 12.7. The van der Waals surface area contributed by atoms with Crippen LogP contribution in [0, 0.1) is 5.41 Å². The van der Waals surface area contributed by atoms with Crippen LogP contribution >= 0.6 is 0 Å². The van der Waals surface area contributed by atoms with E-state index in [1.807, 2.05) is 4.90 Å². The number of sulfonamides is 1. The molecule has 1 aromatic rings. The van der Waals surface area contributed by atoms with E-state index in [1.54, 1.807) is 12.1 Å². The first-order chi connectivity index (χ1) is 13.2. The first kappa shape index (κ1) is 21.0. The largest absolute Gasteiger partial charge is 0.379 e. The van der Waals surface area contributed by atoms with Crippen molar-refractivity contribution in [1.29, 1.82) is 0 Å². The van der Waals surface area contributed by atoms with Crippen molar-refractivity contribution in [3.8, 4) is 0 Å². The molecule has 0 radical (unpaired) electrons. The van der Waals surface area contributed by atoms with Gasteiger partial charge in [0.15, 0.2) is 0 Å². The Morgan fingerprint density at radius 2 is 1.71 bits per heavy atom. The summed E-state index contributed by atoms with van der Waals surface area (Å²) in [5.41, 5.74) is -0.0163. The maximum atomic E-state index is 12.7. The minimum atomic E-state index is -3.53. The van der Waals surface area contributed by atoms with Crippen molar-refractivity contribution in [2.75, 3.05) is 57.4 Å². The minimum Gasteiger partial charge on any atom is -0.379 e. The van der Waals surface area contributed by atoms with E-state index in [9.17, 15) is 13.2 Å². The summed E-state index contributed by atoms with van der Waals surface area (Å²) in [4.78, 5) is 20.9. The first-order valence-corrected chi connectivity index (χ1v) is 11.2. The molecule has 2 saturated heterocycles. The molecular formula is C19H30N4O4S. The smallest absolute Gasteiger partial charge is 0.244 e. The molecule has 9 heteroatoms. The van der Waals surface area contributed by atoms with Gasteiger partial charge < -0.3 is 14.5 Å². The van der Waals surface area contributed by atoms with Crippen LogP contribution in [0.5, 0.6) is 0 Å². The molecule has 0 bridgehead atoms. The van der Waals surface area contributed by atoms with Crippen molar-refractivity contribution in [3.05, 3.63) is 18.3 Å². The van der Waals surface area contributed by atoms with E-state index >= 15 is 0 Å². The monoisotopic (exact) mass is 410 g/mol. The molecule has 28 heavy (non-hydrogen) atoms. The number of carbonyl (C=O) groups is 1. The summed E-state index contributed by atoms with van der Waals surface area (Å²) in [6.07, 6.45) is 1.97. The summed E-state index contributed by atoms with van der Waals surface area (Å²) < 4.78 is 32.0. The summed E-state index contributed by atoms with van der Waals surface area (Å²) >= 11 is 0. The Balaban J connectivity index is 1.60. The molecular weight excluding hydrogens is 380 g/mol. The van der Waals surface area contributed by atoms with Crippen LogP contribution in [0.25, 0.3) is 0 Å². The summed E-state index contributed by atoms with van der Waals surface area (Å²) in [5, 5.41) is 0. The quantitative estimate of drug-likeness (QED) is 0.741. The van der Waals surface area contributed by atoms with Gasteiger partial charge in [0.25, 0.3) is 0 Å². The summed E-state index contributed by atoms with van der Waals surface area (Å²) in [6, 6.07) is 3.37. The second-order valence-corrected chi connectivity index (χ2v) is 10.4. The van der Waals surface area contributed by atoms with Crippen molar-refractivity contribution >= 4 is 21.7 Å². The van der Waals surface area contributed by atoms with E-state index in [4.69, 9.17) is 4.74 Å². The molecule has 0 spiro atoms. The molecule has 2 aliphatic heterocycles. The number of ether oxygens (including phenoxy) is 1. The normalized spacial score (nSPS) is 19.7. The number of hydrogen-bond acceptors (Lipinski definition) is 6. The van der Waals surface area contributed by atoms with Crippen molar-refractivity contribution in [1.82, 2.24) is 14.2 Å². The van der Waals surface area contributed by atoms with Crippen molar-refractivity contribution in [2.24, 2.45) is 5.41 Å². The fourth-order valence-corrected chi connectivity index (χ4v) is 4.75. The molecule has 0 atom stereocenters. The lowest BCUT2D eigenvalue weighted by atomic mass is 9.91. The van der Waals surface area contributed by atoms with Crippen LogP contribution in [-0.2, 0) is 19.6 Å². The lowest BCUT2D eigenvalue weighted by Crippen LogP contribution is -2.49. The lowest BCUT2D eigenvalue weighted by molar-refractivity contribution is -0.133. The number of amides is 1. The van der Waals surface area contributed by atoms with Crippen molar-refractivity contribution in [2.45, 2.75) is 32.1 Å². The number of nitrogens with zero attached hydrogens (tertiary/aromatic N) is 4. The van der Waals surface area contributed by atoms with Gasteiger partial charge in [0.2, 0.25) is 15.9 Å². The number of rotatable bonds is 4. The van der Waals surface area contributed by atoms with Gasteiger partial charge in [-0.3, -0.25) is 4.79 Å². The third kappa shape index (κ3) is 5.01. The highest BCUT2D eigenvalue weighted by Gasteiger charge is 2.28. The maximum Gasteiger partial charge on any atom is 0.244 e. The summed E-state index contributed by atoms with van der Waals surface area (Å²) in [7, 11) is -3.53. The van der Waals surface area contributed by atoms with Crippen LogP contribution in [0.2, 0.25) is 0 Å². The number of morpholine rings is 1. The molecule has 8 nitrogen and oxygen atoms in total. The summed E-state index contributed by atoms with van der Waals surface area (Å²) in [5.74, 6) is 0.927. The molecule has 0 unspecified atom stereocenters. The molecule has 156 valence electrons. The lowest BCUT2D eigenvalue weighted by Gasteiger charge is -2.36. The molecule has 0 aliphatic carbocycles. The van der Waals surface area contributed by atoms with Gasteiger partial charge in [-0.2, -0.15) is 4.31 Å². The molecule has 1 aromatic heterocycles. The Hall–Kier alpha value is -1.71. The molecule has 3 rings (SSSR count). The third-order valence-electron chi connectivity index (χ3n) is 4.97. The van der Waals surface area contributed by atoms with E-state index in [1.165, 1.54) is 10.5 Å². The highest BCUT2D eigenvalue weighted by molar-refractivity contribution is 7.89. The standard InChI is InChI=1S/C19H30N4O4S/c1-19(2,3)14-18(24)22-8-6-21(7-9-22)17-5-4-16(15-20-17)28(25,26)23-10-12-27-13-11-23/h4-5,15H,6-14H2,1-3H3. The molecule has 2 fully saturated rings. The average Bonchev–Trinajstić information content (AvgIpc) is 2.67. The minimum absolute atomic E-state index is 0.0163. The zero-order valence-corrected chi connectivity index (χ0v) is 17.7. The molecule has 0 aromatic carbocycles. The van der Waals surface area contributed by atoms with Gasteiger partial charge in [-0.05, 0) is 17.5 Å². The van der Waals surface area contributed by atoms with Crippen LogP contribution in [0.1, 0.15) is 27.2 Å². The van der Waals surface area contributed by atoms with E-state index < -0.39 is 10.0 Å². The molecule has 0 N–H and O–H groups in total. The number of hydrogen-bond donors (Lipinski definition) is 0. The van der Waals surface area contributed by atoms with Crippen LogP contribution in [-0.4, -0.2) is 81.0 Å². The van der Waals surface area contributed by atoms with E-state index in [0.29, 0.717) is 58.9 Å². The Kier molecular flexibility index (Phi) is 6.26. The average molecular weight is 411 g/mol. The Morgan fingerprint density at radius 3 is 2.25 bits per heavy atom. The van der Waals surface area contributed by atoms with E-state index in [-0.39, 0.29) is 16.2 Å². The predicted molar refractivity (Wildman–Crippen MR) is 107 cm³/mol. The van der Waals surface area contributed by atoms with Crippen molar-refractivity contribution < 1.29 is 17.9 Å². The molecule has 3 heterocycles. The topological polar surface area (TPSA) is 83.1 Å². The second kappa shape index (κ2) is 8.34. The SMILES string of the molecule is CC(C)(C)CC(=O)N1CCN(c2ccc(S(=O)(=O)N3CCOCC3)cn2)CC1. The zero-order valence-electron chi connectivity index (χ0n) is 16.9. The summed E-state index contributed by atoms with van der Waals surface area (Å²) in [6.45, 7) is 10.5. The van der Waals surface area contributed by atoms with Crippen LogP contribution < -0.4 is 4.90 Å². The number of anilines is 1. The highest BCUT2D eigenvalue weighted by atomic mass is 32.2. The second-order valence-electron chi connectivity index (χ2n) is 8.47. The highest BCUT2D eigenvalue weighted by Crippen LogP contribution is 2.22.